The van der Waals surface area contributed by atoms with E-state index in [4.69, 9.17) is 4.74 Å². The number of hydrogen-bond donors (Lipinski definition) is 1. The van der Waals surface area contributed by atoms with Crippen LogP contribution < -0.4 is 15.8 Å². The number of carbonyl (C=O) groups excluding carboxylic acids is 2. The lowest BCUT2D eigenvalue weighted by molar-refractivity contribution is -0.117. The van der Waals surface area contributed by atoms with Crippen molar-refractivity contribution < 1.29 is 14.3 Å². The third-order valence-electron chi connectivity index (χ3n) is 5.74. The number of aromatic nitrogens is 2. The molecule has 4 rings (SSSR count). The molecule has 0 unspecified atom stereocenters. The molecular formula is C26H28N4O4. The van der Waals surface area contributed by atoms with Crippen molar-refractivity contribution in [3.05, 3.63) is 76.6 Å². The third kappa shape index (κ3) is 5.51. The maximum atomic E-state index is 12.7. The topological polar surface area (TPSA) is 93.5 Å². The summed E-state index contributed by atoms with van der Waals surface area (Å²) < 4.78 is 6.16. The van der Waals surface area contributed by atoms with Crippen LogP contribution in [0.15, 0.2) is 65.5 Å². The number of para-hydroxylation sites is 1. The molecule has 3 aromatic rings. The molecule has 8 heteroatoms. The van der Waals surface area contributed by atoms with Gasteiger partial charge >= 0.3 is 5.97 Å². The number of rotatable bonds is 7. The fourth-order valence-corrected chi connectivity index (χ4v) is 4.02. The van der Waals surface area contributed by atoms with Crippen molar-refractivity contribution >= 4 is 23.3 Å². The van der Waals surface area contributed by atoms with Gasteiger partial charge in [-0.1, -0.05) is 24.3 Å². The summed E-state index contributed by atoms with van der Waals surface area (Å²) in [7, 11) is 0. The van der Waals surface area contributed by atoms with Gasteiger partial charge < -0.3 is 15.0 Å². The van der Waals surface area contributed by atoms with E-state index >= 15 is 0 Å². The Balaban J connectivity index is 1.48. The molecule has 176 valence electrons. The van der Waals surface area contributed by atoms with Crippen molar-refractivity contribution in [3.8, 4) is 11.3 Å². The minimum atomic E-state index is -0.524. The van der Waals surface area contributed by atoms with Gasteiger partial charge in [0.1, 0.15) is 6.54 Å². The first-order chi connectivity index (χ1) is 16.5. The van der Waals surface area contributed by atoms with Crippen LogP contribution in [-0.2, 0) is 16.1 Å². The molecule has 0 aliphatic carbocycles. The highest BCUT2D eigenvalue weighted by molar-refractivity contribution is 6.01. The molecule has 1 aromatic heterocycles. The Morgan fingerprint density at radius 2 is 1.71 bits per heavy atom. The van der Waals surface area contributed by atoms with Crippen LogP contribution in [0.2, 0.25) is 0 Å². The second-order valence-corrected chi connectivity index (χ2v) is 8.12. The van der Waals surface area contributed by atoms with E-state index in [1.165, 1.54) is 31.0 Å². The van der Waals surface area contributed by atoms with Gasteiger partial charge in [0.05, 0.1) is 23.6 Å². The minimum Gasteiger partial charge on any atom is -0.462 e. The van der Waals surface area contributed by atoms with E-state index in [1.807, 2.05) is 12.1 Å². The number of amides is 1. The molecule has 1 N–H and O–H groups in total. The largest absolute Gasteiger partial charge is 0.462 e. The van der Waals surface area contributed by atoms with Crippen LogP contribution >= 0.6 is 0 Å². The smallest absolute Gasteiger partial charge is 0.340 e. The predicted octanol–water partition coefficient (Wildman–Crippen LogP) is 3.72. The van der Waals surface area contributed by atoms with E-state index in [1.54, 1.807) is 37.3 Å². The van der Waals surface area contributed by atoms with E-state index in [-0.39, 0.29) is 24.3 Å². The van der Waals surface area contributed by atoms with Crippen molar-refractivity contribution in [1.29, 1.82) is 0 Å². The van der Waals surface area contributed by atoms with E-state index in [0.717, 1.165) is 23.3 Å². The first kappa shape index (κ1) is 23.2. The highest BCUT2D eigenvalue weighted by Gasteiger charge is 2.15. The Morgan fingerprint density at radius 3 is 2.44 bits per heavy atom. The molecule has 0 bridgehead atoms. The van der Waals surface area contributed by atoms with Gasteiger partial charge in [0.15, 0.2) is 0 Å². The average Bonchev–Trinajstić information content (AvgIpc) is 2.86. The van der Waals surface area contributed by atoms with Gasteiger partial charge in [0.25, 0.3) is 5.56 Å². The predicted molar refractivity (Wildman–Crippen MR) is 131 cm³/mol. The molecule has 1 fully saturated rings. The number of benzene rings is 2. The van der Waals surface area contributed by atoms with Gasteiger partial charge in [0, 0.05) is 30.4 Å². The first-order valence-electron chi connectivity index (χ1n) is 11.5. The Labute approximate surface area is 198 Å². The van der Waals surface area contributed by atoms with Gasteiger partial charge in [-0.25, -0.2) is 9.48 Å². The maximum Gasteiger partial charge on any atom is 0.340 e. The van der Waals surface area contributed by atoms with E-state index in [9.17, 15) is 14.4 Å². The van der Waals surface area contributed by atoms with Crippen LogP contribution in [0.25, 0.3) is 11.3 Å². The molecule has 2 heterocycles. The highest BCUT2D eigenvalue weighted by atomic mass is 16.5. The summed E-state index contributed by atoms with van der Waals surface area (Å²) in [6.07, 6.45) is 3.70. The molecule has 0 radical (unpaired) electrons. The number of anilines is 2. The van der Waals surface area contributed by atoms with E-state index in [2.05, 4.69) is 27.4 Å². The lowest BCUT2D eigenvalue weighted by atomic mass is 10.1. The van der Waals surface area contributed by atoms with Crippen molar-refractivity contribution in [2.75, 3.05) is 29.9 Å². The van der Waals surface area contributed by atoms with Crippen molar-refractivity contribution in [2.24, 2.45) is 0 Å². The van der Waals surface area contributed by atoms with E-state index in [0.29, 0.717) is 11.4 Å². The van der Waals surface area contributed by atoms with Crippen molar-refractivity contribution in [2.45, 2.75) is 32.7 Å². The van der Waals surface area contributed by atoms with Crippen molar-refractivity contribution in [1.82, 2.24) is 9.78 Å². The number of hydrogen-bond acceptors (Lipinski definition) is 6. The normalized spacial score (nSPS) is 13.4. The second kappa shape index (κ2) is 10.8. The number of carbonyl (C=O) groups is 2. The van der Waals surface area contributed by atoms with Gasteiger partial charge in [-0.05, 0) is 56.5 Å². The number of piperidine rings is 1. The summed E-state index contributed by atoms with van der Waals surface area (Å²) in [5.74, 6) is -0.993. The fourth-order valence-electron chi connectivity index (χ4n) is 4.02. The minimum absolute atomic E-state index is 0.228. The van der Waals surface area contributed by atoms with Crippen LogP contribution in [0.3, 0.4) is 0 Å². The van der Waals surface area contributed by atoms with Crippen LogP contribution in [0.5, 0.6) is 0 Å². The molecule has 0 saturated carbocycles. The summed E-state index contributed by atoms with van der Waals surface area (Å²) in [4.78, 5) is 39.5. The maximum absolute atomic E-state index is 12.7. The molecule has 1 aliphatic rings. The van der Waals surface area contributed by atoms with Crippen LogP contribution in [0.1, 0.15) is 36.5 Å². The monoisotopic (exact) mass is 460 g/mol. The lowest BCUT2D eigenvalue weighted by Gasteiger charge is -2.28. The molecule has 1 amide bonds. The standard InChI is InChI=1S/C26H28N4O4/c1-2-34-26(33)21-8-4-5-9-23(21)27-24(31)18-30-25(32)15-14-22(28-30)19-10-12-20(13-11-19)29-16-6-3-7-17-29/h4-5,8-15H,2-3,6-7,16-18H2,1H3,(H,27,31). The van der Waals surface area contributed by atoms with Gasteiger partial charge in [-0.2, -0.15) is 5.10 Å². The fraction of sp³-hybridized carbons (Fsp3) is 0.308. The summed E-state index contributed by atoms with van der Waals surface area (Å²) in [5, 5.41) is 7.07. The third-order valence-corrected chi connectivity index (χ3v) is 5.74. The molecular weight excluding hydrogens is 432 g/mol. The molecule has 8 nitrogen and oxygen atoms in total. The van der Waals surface area contributed by atoms with Gasteiger partial charge in [-0.3, -0.25) is 9.59 Å². The lowest BCUT2D eigenvalue weighted by Crippen LogP contribution is -2.30. The van der Waals surface area contributed by atoms with Gasteiger partial charge in [0.2, 0.25) is 5.91 Å². The Kier molecular flexibility index (Phi) is 7.37. The zero-order valence-electron chi connectivity index (χ0n) is 19.2. The summed E-state index contributed by atoms with van der Waals surface area (Å²) in [6, 6.07) is 17.7. The Hall–Kier alpha value is -3.94. The summed E-state index contributed by atoms with van der Waals surface area (Å²) >= 11 is 0. The molecule has 1 saturated heterocycles. The van der Waals surface area contributed by atoms with E-state index < -0.39 is 11.9 Å². The quantitative estimate of drug-likeness (QED) is 0.540. The number of nitrogens with zero attached hydrogens (tertiary/aromatic N) is 3. The molecule has 0 atom stereocenters. The van der Waals surface area contributed by atoms with Gasteiger partial charge in [-0.15, -0.1) is 0 Å². The average molecular weight is 461 g/mol. The second-order valence-electron chi connectivity index (χ2n) is 8.12. The summed E-state index contributed by atoms with van der Waals surface area (Å²) in [5.41, 5.74) is 2.83. The number of ether oxygens (including phenoxy) is 1. The zero-order valence-corrected chi connectivity index (χ0v) is 19.2. The first-order valence-corrected chi connectivity index (χ1v) is 11.5. The molecule has 1 aliphatic heterocycles. The highest BCUT2D eigenvalue weighted by Crippen LogP contribution is 2.24. The number of nitrogens with one attached hydrogen (secondary N) is 1. The number of esters is 1. The SMILES string of the molecule is CCOC(=O)c1ccccc1NC(=O)Cn1nc(-c2ccc(N3CCCCC3)cc2)ccc1=O. The summed E-state index contributed by atoms with van der Waals surface area (Å²) in [6.45, 7) is 3.79. The molecule has 34 heavy (non-hydrogen) atoms. The Bertz CT molecular complexity index is 1210. The molecule has 2 aromatic carbocycles. The molecule has 0 spiro atoms. The Morgan fingerprint density at radius 1 is 0.971 bits per heavy atom. The van der Waals surface area contributed by atoms with Crippen LogP contribution in [0, 0.1) is 0 Å². The van der Waals surface area contributed by atoms with Crippen LogP contribution in [0.4, 0.5) is 11.4 Å². The van der Waals surface area contributed by atoms with Crippen LogP contribution in [-0.4, -0.2) is 41.4 Å². The van der Waals surface area contributed by atoms with Crippen molar-refractivity contribution in [3.63, 3.8) is 0 Å². The zero-order chi connectivity index (χ0) is 23.9.